The summed E-state index contributed by atoms with van der Waals surface area (Å²) in [5.41, 5.74) is 4.76. The molecular weight excluding hydrogens is 336 g/mol. The van der Waals surface area contributed by atoms with Gasteiger partial charge in [0, 0.05) is 19.1 Å². The van der Waals surface area contributed by atoms with Crippen LogP contribution in [-0.4, -0.2) is 71.3 Å². The summed E-state index contributed by atoms with van der Waals surface area (Å²) in [4.78, 5) is 2.08. The molecule has 0 saturated carbocycles. The number of hydrogen-bond donors (Lipinski definition) is 5. The van der Waals surface area contributed by atoms with Crippen LogP contribution in [-0.2, 0) is 4.74 Å². The first-order valence-electron chi connectivity index (χ1n) is 9.20. The number of nitrogens with one attached hydrogen (secondary N) is 2. The molecule has 3 aliphatic heterocycles. The molecule has 7 atom stereocenters. The van der Waals surface area contributed by atoms with Crippen molar-refractivity contribution in [1.29, 1.82) is 0 Å². The van der Waals surface area contributed by atoms with E-state index in [1.54, 1.807) is 6.92 Å². The number of hydrogen-bond acceptors (Lipinski definition) is 8. The summed E-state index contributed by atoms with van der Waals surface area (Å²) in [5.74, 6) is 0.946. The average Bonchev–Trinajstić information content (AvgIpc) is 3.15. The van der Waals surface area contributed by atoms with Gasteiger partial charge in [0.2, 0.25) is 0 Å². The molecule has 0 bridgehead atoms. The highest BCUT2D eigenvalue weighted by atomic mass is 16.6. The van der Waals surface area contributed by atoms with Crippen molar-refractivity contribution in [3.63, 3.8) is 0 Å². The third kappa shape index (κ3) is 3.11. The van der Waals surface area contributed by atoms with E-state index in [9.17, 15) is 10.2 Å². The Morgan fingerprint density at radius 2 is 2.12 bits per heavy atom. The lowest BCUT2D eigenvalue weighted by molar-refractivity contribution is -0.111. The van der Waals surface area contributed by atoms with E-state index in [1.807, 2.05) is 30.3 Å². The minimum Gasteiger partial charge on any atom is -0.491 e. The molecule has 8 heteroatoms. The second kappa shape index (κ2) is 7.05. The molecule has 8 nitrogen and oxygen atoms in total. The third-order valence-electron chi connectivity index (χ3n) is 5.89. The summed E-state index contributed by atoms with van der Waals surface area (Å²) in [5, 5.41) is 28.2. The second-order valence-corrected chi connectivity index (χ2v) is 7.56. The largest absolute Gasteiger partial charge is 0.491 e. The lowest BCUT2D eigenvalue weighted by Gasteiger charge is -2.39. The third-order valence-corrected chi connectivity index (χ3v) is 5.89. The Morgan fingerprint density at radius 1 is 1.35 bits per heavy atom. The van der Waals surface area contributed by atoms with Gasteiger partial charge in [0.1, 0.15) is 36.4 Å². The molecular formula is C18H28N4O4. The molecule has 0 radical (unpaired) electrons. The molecule has 3 fully saturated rings. The zero-order valence-corrected chi connectivity index (χ0v) is 14.9. The van der Waals surface area contributed by atoms with E-state index >= 15 is 0 Å². The van der Waals surface area contributed by atoms with Crippen molar-refractivity contribution in [2.24, 2.45) is 11.7 Å². The summed E-state index contributed by atoms with van der Waals surface area (Å²) < 4.78 is 11.8. The second-order valence-electron chi connectivity index (χ2n) is 7.56. The monoisotopic (exact) mass is 364 g/mol. The van der Waals surface area contributed by atoms with Crippen LogP contribution in [0.15, 0.2) is 30.3 Å². The minimum atomic E-state index is -1.40. The van der Waals surface area contributed by atoms with E-state index in [0.29, 0.717) is 12.4 Å². The van der Waals surface area contributed by atoms with Crippen molar-refractivity contribution in [3.8, 4) is 5.75 Å². The van der Waals surface area contributed by atoms with Gasteiger partial charge < -0.3 is 25.4 Å². The van der Waals surface area contributed by atoms with Crippen molar-refractivity contribution < 1.29 is 19.7 Å². The first-order valence-corrected chi connectivity index (χ1v) is 9.20. The molecule has 3 heterocycles. The summed E-state index contributed by atoms with van der Waals surface area (Å²) in [7, 11) is 0. The van der Waals surface area contributed by atoms with Crippen LogP contribution in [0.1, 0.15) is 13.3 Å². The fraction of sp³-hybridized carbons (Fsp3) is 0.667. The standard InChI is InChI=1S/C18H28N4O4/c1-18(24)13(9-25-11-5-3-2-4-6-11)26-17(14(18)23)22-8-7-12-15(19)20-10-21-16(12)22/h2-6,12-17,20-21,23-24H,7-10,19H2,1H3/t12?,13-,14+,15?,16?,17-,18-/m1/s1. The molecule has 3 unspecified atom stereocenters. The number of nitrogens with two attached hydrogens (primary N) is 1. The van der Waals surface area contributed by atoms with Crippen LogP contribution in [0.4, 0.5) is 0 Å². The number of ether oxygens (including phenoxy) is 2. The first-order chi connectivity index (χ1) is 12.5. The fourth-order valence-corrected chi connectivity index (χ4v) is 4.22. The number of aliphatic hydroxyl groups is 2. The highest BCUT2D eigenvalue weighted by Gasteiger charge is 2.57. The Kier molecular flexibility index (Phi) is 4.91. The summed E-state index contributed by atoms with van der Waals surface area (Å²) in [6.07, 6.45) is -1.40. The Bertz CT molecular complexity index is 616. The van der Waals surface area contributed by atoms with Crippen LogP contribution in [0.3, 0.4) is 0 Å². The van der Waals surface area contributed by atoms with E-state index < -0.39 is 24.0 Å². The van der Waals surface area contributed by atoms with Crippen LogP contribution in [0.25, 0.3) is 0 Å². The highest BCUT2D eigenvalue weighted by molar-refractivity contribution is 5.21. The van der Waals surface area contributed by atoms with E-state index in [-0.39, 0.29) is 24.9 Å². The van der Waals surface area contributed by atoms with Crippen LogP contribution in [0, 0.1) is 5.92 Å². The van der Waals surface area contributed by atoms with Crippen molar-refractivity contribution >= 4 is 0 Å². The Morgan fingerprint density at radius 3 is 2.88 bits per heavy atom. The normalized spacial score (nSPS) is 43.4. The molecule has 3 saturated heterocycles. The van der Waals surface area contributed by atoms with Gasteiger partial charge in [-0.05, 0) is 25.5 Å². The quantitative estimate of drug-likeness (QED) is 0.462. The van der Waals surface area contributed by atoms with Gasteiger partial charge >= 0.3 is 0 Å². The minimum absolute atomic E-state index is 0.0236. The number of aliphatic hydroxyl groups excluding tert-OH is 1. The maximum atomic E-state index is 10.8. The molecule has 4 rings (SSSR count). The van der Waals surface area contributed by atoms with Crippen LogP contribution in [0.2, 0.25) is 0 Å². The van der Waals surface area contributed by atoms with Crippen LogP contribution in [0.5, 0.6) is 5.75 Å². The van der Waals surface area contributed by atoms with Gasteiger partial charge in [-0.3, -0.25) is 15.5 Å². The lowest BCUT2D eigenvalue weighted by Crippen LogP contribution is -2.64. The molecule has 26 heavy (non-hydrogen) atoms. The Hall–Kier alpha value is -1.26. The fourth-order valence-electron chi connectivity index (χ4n) is 4.22. The van der Waals surface area contributed by atoms with Crippen molar-refractivity contribution in [3.05, 3.63) is 30.3 Å². The van der Waals surface area contributed by atoms with Gasteiger partial charge in [-0.2, -0.15) is 0 Å². The smallest absolute Gasteiger partial charge is 0.141 e. The van der Waals surface area contributed by atoms with E-state index in [1.165, 1.54) is 0 Å². The number of rotatable bonds is 4. The predicted molar refractivity (Wildman–Crippen MR) is 94.9 cm³/mol. The van der Waals surface area contributed by atoms with Gasteiger partial charge in [0.25, 0.3) is 0 Å². The van der Waals surface area contributed by atoms with Gasteiger partial charge in [0.15, 0.2) is 0 Å². The van der Waals surface area contributed by atoms with E-state index in [2.05, 4.69) is 15.5 Å². The molecule has 0 amide bonds. The molecule has 144 valence electrons. The zero-order chi connectivity index (χ0) is 18.3. The van der Waals surface area contributed by atoms with Crippen molar-refractivity contribution in [2.75, 3.05) is 19.8 Å². The van der Waals surface area contributed by atoms with Crippen LogP contribution < -0.4 is 21.1 Å². The topological polar surface area (TPSA) is 112 Å². The number of likely N-dealkylation sites (tertiary alicyclic amines) is 1. The molecule has 1 aromatic carbocycles. The van der Waals surface area contributed by atoms with Crippen molar-refractivity contribution in [1.82, 2.24) is 15.5 Å². The molecule has 1 aromatic rings. The van der Waals surface area contributed by atoms with Crippen LogP contribution >= 0.6 is 0 Å². The molecule has 3 aliphatic rings. The number of para-hydroxylation sites is 1. The molecule has 0 spiro atoms. The molecule has 0 aliphatic carbocycles. The predicted octanol–water partition coefficient (Wildman–Crippen LogP) is -1.01. The molecule has 6 N–H and O–H groups in total. The van der Waals surface area contributed by atoms with Gasteiger partial charge in [-0.25, -0.2) is 0 Å². The maximum absolute atomic E-state index is 10.8. The lowest BCUT2D eigenvalue weighted by atomic mass is 9.94. The highest BCUT2D eigenvalue weighted by Crippen LogP contribution is 2.37. The maximum Gasteiger partial charge on any atom is 0.141 e. The summed E-state index contributed by atoms with van der Waals surface area (Å²) >= 11 is 0. The number of nitrogens with zero attached hydrogens (tertiary/aromatic N) is 1. The SMILES string of the molecule is C[C@@]1(O)[C@@H](COc2ccccc2)O[C@@H](N2CCC3C(N)NCNC32)[C@@H]1O. The number of fused-ring (bicyclic) bond motifs is 1. The van der Waals surface area contributed by atoms with Crippen molar-refractivity contribution in [2.45, 2.75) is 49.7 Å². The van der Waals surface area contributed by atoms with Gasteiger partial charge in [-0.15, -0.1) is 0 Å². The zero-order valence-electron chi connectivity index (χ0n) is 14.9. The Balaban J connectivity index is 1.45. The summed E-state index contributed by atoms with van der Waals surface area (Å²) in [6, 6.07) is 9.38. The van der Waals surface area contributed by atoms with E-state index in [0.717, 1.165) is 13.0 Å². The molecule has 0 aromatic heterocycles. The van der Waals surface area contributed by atoms with Gasteiger partial charge in [-0.1, -0.05) is 18.2 Å². The van der Waals surface area contributed by atoms with Gasteiger partial charge in [0.05, 0.1) is 12.3 Å². The Labute approximate surface area is 153 Å². The number of benzene rings is 1. The summed E-state index contributed by atoms with van der Waals surface area (Å²) in [6.45, 7) is 3.13. The first kappa shape index (κ1) is 18.1. The van der Waals surface area contributed by atoms with E-state index in [4.69, 9.17) is 15.2 Å². The average molecular weight is 364 g/mol.